The van der Waals surface area contributed by atoms with Crippen LogP contribution >= 0.6 is 0 Å². The molecule has 0 aliphatic heterocycles. The van der Waals surface area contributed by atoms with Gasteiger partial charge >= 0.3 is 0 Å². The summed E-state index contributed by atoms with van der Waals surface area (Å²) >= 11 is 0. The summed E-state index contributed by atoms with van der Waals surface area (Å²) in [7, 11) is 1.75. The maximum Gasteiger partial charge on any atom is 0.221 e. The van der Waals surface area contributed by atoms with E-state index in [1.54, 1.807) is 42.0 Å². The van der Waals surface area contributed by atoms with Crippen molar-refractivity contribution < 1.29 is 4.39 Å². The first-order valence-electron chi connectivity index (χ1n) is 4.76. The largest absolute Gasteiger partial charge is 0.368 e. The summed E-state index contributed by atoms with van der Waals surface area (Å²) in [6.07, 6.45) is 3.31. The number of anilines is 1. The minimum absolute atomic E-state index is 0.270. The van der Waals surface area contributed by atoms with E-state index in [1.165, 1.54) is 6.07 Å². The van der Waals surface area contributed by atoms with Crippen molar-refractivity contribution in [3.8, 4) is 0 Å². The normalized spacial score (nSPS) is 11.1. The molecule has 82 valence electrons. The summed E-state index contributed by atoms with van der Waals surface area (Å²) in [4.78, 5) is 0. The average Bonchev–Trinajstić information content (AvgIpc) is 2.59. The van der Waals surface area contributed by atoms with Gasteiger partial charge in [0.05, 0.1) is 0 Å². The molecule has 5 heteroatoms. The predicted molar refractivity (Wildman–Crippen MR) is 60.7 cm³/mol. The highest BCUT2D eigenvalue weighted by molar-refractivity contribution is 5.67. The van der Waals surface area contributed by atoms with Gasteiger partial charge in [0.25, 0.3) is 0 Å². The molecule has 0 bridgehead atoms. The number of halogens is 1. The number of aromatic nitrogens is 3. The van der Waals surface area contributed by atoms with Gasteiger partial charge in [-0.25, -0.2) is 4.39 Å². The number of hydrogen-bond acceptors (Lipinski definition) is 3. The number of nitrogen functional groups attached to an aromatic ring is 1. The lowest BCUT2D eigenvalue weighted by molar-refractivity contribution is 0.625. The number of nitrogens with two attached hydrogens (primary N) is 1. The molecule has 0 radical (unpaired) electrons. The molecule has 0 saturated heterocycles. The van der Waals surface area contributed by atoms with E-state index in [0.717, 1.165) is 0 Å². The van der Waals surface area contributed by atoms with Crippen LogP contribution in [0.3, 0.4) is 0 Å². The van der Waals surface area contributed by atoms with Crippen molar-refractivity contribution in [2.75, 3.05) is 5.73 Å². The Labute approximate surface area is 92.2 Å². The molecule has 4 nitrogen and oxygen atoms in total. The van der Waals surface area contributed by atoms with Gasteiger partial charge in [0, 0.05) is 12.6 Å². The highest BCUT2D eigenvalue weighted by Crippen LogP contribution is 2.11. The van der Waals surface area contributed by atoms with Crippen LogP contribution in [0.25, 0.3) is 12.2 Å². The van der Waals surface area contributed by atoms with E-state index in [0.29, 0.717) is 17.3 Å². The molecule has 16 heavy (non-hydrogen) atoms. The Kier molecular flexibility index (Phi) is 2.68. The molecule has 2 rings (SSSR count). The molecule has 0 aliphatic rings. The molecule has 1 aromatic carbocycles. The third-order valence-corrected chi connectivity index (χ3v) is 2.26. The standard InChI is InChI=1S/C11H11FN4/c1-16-10(14-15-11(16)13)7-6-8-4-2-3-5-9(8)12/h2-7H,1H3,(H2,13,15)/b7-6+. The summed E-state index contributed by atoms with van der Waals surface area (Å²) in [5.41, 5.74) is 6.02. The van der Waals surface area contributed by atoms with Crippen LogP contribution in [0.1, 0.15) is 11.4 Å². The van der Waals surface area contributed by atoms with Crippen LogP contribution in [0, 0.1) is 5.82 Å². The van der Waals surface area contributed by atoms with Crippen molar-refractivity contribution in [2.45, 2.75) is 0 Å². The molecule has 0 saturated carbocycles. The Balaban J connectivity index is 2.28. The first-order valence-corrected chi connectivity index (χ1v) is 4.76. The van der Waals surface area contributed by atoms with E-state index in [9.17, 15) is 4.39 Å². The minimum atomic E-state index is -0.270. The highest BCUT2D eigenvalue weighted by atomic mass is 19.1. The van der Waals surface area contributed by atoms with E-state index in [2.05, 4.69) is 10.2 Å². The van der Waals surface area contributed by atoms with Gasteiger partial charge in [-0.15, -0.1) is 10.2 Å². The fourth-order valence-electron chi connectivity index (χ4n) is 1.27. The molecule has 1 aromatic heterocycles. The Bertz CT molecular complexity index is 531. The molecule has 0 fully saturated rings. The zero-order chi connectivity index (χ0) is 11.5. The van der Waals surface area contributed by atoms with E-state index in [1.807, 2.05) is 0 Å². The second kappa shape index (κ2) is 4.14. The maximum absolute atomic E-state index is 13.3. The van der Waals surface area contributed by atoms with E-state index in [4.69, 9.17) is 5.73 Å². The van der Waals surface area contributed by atoms with E-state index >= 15 is 0 Å². The first-order chi connectivity index (χ1) is 7.68. The second-order valence-corrected chi connectivity index (χ2v) is 3.33. The van der Waals surface area contributed by atoms with Gasteiger partial charge in [0.15, 0.2) is 5.82 Å². The Hall–Kier alpha value is -2.17. The van der Waals surface area contributed by atoms with Gasteiger partial charge < -0.3 is 5.73 Å². The van der Waals surface area contributed by atoms with Crippen molar-refractivity contribution in [3.63, 3.8) is 0 Å². The topological polar surface area (TPSA) is 56.7 Å². The van der Waals surface area contributed by atoms with Gasteiger partial charge in [-0.2, -0.15) is 0 Å². The van der Waals surface area contributed by atoms with Gasteiger partial charge in [0.1, 0.15) is 5.82 Å². The molecule has 0 spiro atoms. The van der Waals surface area contributed by atoms with Gasteiger partial charge in [0.2, 0.25) is 5.95 Å². The van der Waals surface area contributed by atoms with Crippen LogP contribution in [0.4, 0.5) is 10.3 Å². The van der Waals surface area contributed by atoms with Crippen LogP contribution in [-0.4, -0.2) is 14.8 Å². The molecule has 0 aliphatic carbocycles. The summed E-state index contributed by atoms with van der Waals surface area (Å²) in [6.45, 7) is 0. The average molecular weight is 218 g/mol. The molecule has 2 N–H and O–H groups in total. The second-order valence-electron chi connectivity index (χ2n) is 3.33. The van der Waals surface area contributed by atoms with E-state index < -0.39 is 0 Å². The minimum Gasteiger partial charge on any atom is -0.368 e. The van der Waals surface area contributed by atoms with Crippen LogP contribution < -0.4 is 5.73 Å². The Morgan fingerprint density at radius 2 is 2.00 bits per heavy atom. The van der Waals surface area contributed by atoms with Gasteiger partial charge in [-0.1, -0.05) is 18.2 Å². The summed E-state index contributed by atoms with van der Waals surface area (Å²) in [6, 6.07) is 6.51. The zero-order valence-electron chi connectivity index (χ0n) is 8.76. The van der Waals surface area contributed by atoms with Crippen molar-refractivity contribution in [1.82, 2.24) is 14.8 Å². The lowest BCUT2D eigenvalue weighted by Gasteiger charge is -1.96. The summed E-state index contributed by atoms with van der Waals surface area (Å²) in [5.74, 6) is 0.642. The maximum atomic E-state index is 13.3. The van der Waals surface area contributed by atoms with Crippen molar-refractivity contribution >= 4 is 18.1 Å². The van der Waals surface area contributed by atoms with Crippen LogP contribution in [-0.2, 0) is 7.05 Å². The fourth-order valence-corrected chi connectivity index (χ4v) is 1.27. The third-order valence-electron chi connectivity index (χ3n) is 2.26. The van der Waals surface area contributed by atoms with Crippen molar-refractivity contribution in [2.24, 2.45) is 7.05 Å². The fraction of sp³-hybridized carbons (Fsp3) is 0.0909. The Morgan fingerprint density at radius 1 is 1.25 bits per heavy atom. The van der Waals surface area contributed by atoms with Crippen molar-refractivity contribution in [3.05, 3.63) is 41.5 Å². The zero-order valence-corrected chi connectivity index (χ0v) is 8.76. The number of rotatable bonds is 2. The van der Waals surface area contributed by atoms with Crippen LogP contribution in [0.2, 0.25) is 0 Å². The summed E-state index contributed by atoms with van der Waals surface area (Å²) in [5, 5.41) is 7.54. The molecule has 0 amide bonds. The first kappa shape index (κ1) is 10.4. The molecule has 1 heterocycles. The van der Waals surface area contributed by atoms with Crippen LogP contribution in [0.15, 0.2) is 24.3 Å². The quantitative estimate of drug-likeness (QED) is 0.834. The number of benzene rings is 1. The third kappa shape index (κ3) is 1.93. The number of nitrogens with zero attached hydrogens (tertiary/aromatic N) is 3. The Morgan fingerprint density at radius 3 is 2.62 bits per heavy atom. The summed E-state index contributed by atoms with van der Waals surface area (Å²) < 4.78 is 14.9. The molecule has 0 atom stereocenters. The number of hydrogen-bond donors (Lipinski definition) is 1. The molecular weight excluding hydrogens is 207 g/mol. The molecular formula is C11H11FN4. The van der Waals surface area contributed by atoms with Crippen LogP contribution in [0.5, 0.6) is 0 Å². The lowest BCUT2D eigenvalue weighted by Crippen LogP contribution is -1.98. The van der Waals surface area contributed by atoms with E-state index in [-0.39, 0.29) is 5.82 Å². The van der Waals surface area contributed by atoms with Gasteiger partial charge in [-0.3, -0.25) is 4.57 Å². The van der Waals surface area contributed by atoms with Gasteiger partial charge in [-0.05, 0) is 18.2 Å². The predicted octanol–water partition coefficient (Wildman–Crippen LogP) is 1.71. The molecule has 2 aromatic rings. The monoisotopic (exact) mass is 218 g/mol. The SMILES string of the molecule is Cn1c(N)nnc1/C=C/c1ccccc1F. The molecule has 0 unspecified atom stereocenters. The smallest absolute Gasteiger partial charge is 0.221 e. The lowest BCUT2D eigenvalue weighted by atomic mass is 10.2. The highest BCUT2D eigenvalue weighted by Gasteiger charge is 2.01. The van der Waals surface area contributed by atoms with Crippen molar-refractivity contribution in [1.29, 1.82) is 0 Å².